The van der Waals surface area contributed by atoms with Crippen LogP contribution in [0.1, 0.15) is 11.4 Å². The number of carboxylic acid groups (broad SMARTS) is 1. The molecular weight excluding hydrogens is 294 g/mol. The number of nitrogens with zero attached hydrogens (tertiary/aromatic N) is 5. The number of rotatable bonds is 4. The first kappa shape index (κ1) is 14.7. The van der Waals surface area contributed by atoms with Crippen molar-refractivity contribution in [3.63, 3.8) is 0 Å². The molecule has 7 heteroatoms. The Morgan fingerprint density at radius 1 is 1.26 bits per heavy atom. The van der Waals surface area contributed by atoms with E-state index in [-0.39, 0.29) is 0 Å². The van der Waals surface area contributed by atoms with Gasteiger partial charge in [0.2, 0.25) is 5.95 Å². The Kier molecular flexibility index (Phi) is 3.76. The third kappa shape index (κ3) is 2.89. The molecule has 1 N–H and O–H groups in total. The van der Waals surface area contributed by atoms with E-state index in [0.29, 0.717) is 23.0 Å². The number of aromatic nitrogens is 4. The van der Waals surface area contributed by atoms with E-state index in [1.807, 2.05) is 42.3 Å². The molecule has 0 aliphatic rings. The second-order valence-corrected chi connectivity index (χ2v) is 4.97. The van der Waals surface area contributed by atoms with Gasteiger partial charge in [-0.3, -0.25) is 0 Å². The van der Waals surface area contributed by atoms with Crippen LogP contribution >= 0.6 is 0 Å². The summed E-state index contributed by atoms with van der Waals surface area (Å²) in [5.41, 5.74) is 2.15. The molecule has 0 aliphatic carbocycles. The Morgan fingerprint density at radius 2 is 2.00 bits per heavy atom. The molecule has 0 radical (unpaired) electrons. The van der Waals surface area contributed by atoms with Gasteiger partial charge >= 0.3 is 5.97 Å². The predicted octanol–water partition coefficient (Wildman–Crippen LogP) is 2.30. The number of carboxylic acids is 1. The molecular formula is C16H15N5O2. The largest absolute Gasteiger partial charge is 0.478 e. The predicted molar refractivity (Wildman–Crippen MR) is 86.7 cm³/mol. The Bertz CT molecular complexity index is 886. The van der Waals surface area contributed by atoms with E-state index < -0.39 is 5.97 Å². The van der Waals surface area contributed by atoms with E-state index in [1.54, 1.807) is 17.6 Å². The van der Waals surface area contributed by atoms with Gasteiger partial charge < -0.3 is 10.0 Å². The van der Waals surface area contributed by atoms with Crippen LogP contribution in [0.5, 0.6) is 0 Å². The normalized spacial score (nSPS) is 11.2. The molecule has 23 heavy (non-hydrogen) atoms. The maximum Gasteiger partial charge on any atom is 0.328 e. The number of hydrogen-bond acceptors (Lipinski definition) is 5. The van der Waals surface area contributed by atoms with E-state index >= 15 is 0 Å². The van der Waals surface area contributed by atoms with Crippen molar-refractivity contribution < 1.29 is 9.90 Å². The van der Waals surface area contributed by atoms with E-state index in [9.17, 15) is 4.79 Å². The highest BCUT2D eigenvalue weighted by Crippen LogP contribution is 2.23. The maximum absolute atomic E-state index is 10.7. The number of fused-ring (bicyclic) bond motifs is 1. The minimum absolute atomic E-state index is 0.563. The van der Waals surface area contributed by atoms with Crippen LogP contribution in [0.15, 0.2) is 42.6 Å². The molecule has 0 aliphatic heterocycles. The number of para-hydroxylation sites is 1. The lowest BCUT2D eigenvalue weighted by Crippen LogP contribution is -2.17. The number of aliphatic carboxylic acids is 1. The SMILES string of the molecule is Cc1nc(N(C)c2ccccc2)n2ncc(C=CC(=O)O)c2n1. The molecule has 116 valence electrons. The Morgan fingerprint density at radius 3 is 2.70 bits per heavy atom. The van der Waals surface area contributed by atoms with E-state index in [2.05, 4.69) is 15.1 Å². The molecule has 0 bridgehead atoms. The highest BCUT2D eigenvalue weighted by Gasteiger charge is 2.14. The number of anilines is 2. The third-order valence-corrected chi connectivity index (χ3v) is 3.34. The van der Waals surface area contributed by atoms with Crippen LogP contribution in [0.4, 0.5) is 11.6 Å². The lowest BCUT2D eigenvalue weighted by molar-refractivity contribution is -0.131. The summed E-state index contributed by atoms with van der Waals surface area (Å²) in [6.07, 6.45) is 4.11. The number of aryl methyl sites for hydroxylation is 1. The minimum atomic E-state index is -1.02. The van der Waals surface area contributed by atoms with E-state index in [4.69, 9.17) is 5.11 Å². The van der Waals surface area contributed by atoms with Gasteiger partial charge in [0.25, 0.3) is 0 Å². The van der Waals surface area contributed by atoms with Crippen molar-refractivity contribution in [1.29, 1.82) is 0 Å². The summed E-state index contributed by atoms with van der Waals surface area (Å²) in [6, 6.07) is 9.78. The number of benzene rings is 1. The monoisotopic (exact) mass is 309 g/mol. The van der Waals surface area contributed by atoms with Crippen molar-refractivity contribution in [2.75, 3.05) is 11.9 Å². The number of hydrogen-bond donors (Lipinski definition) is 1. The smallest absolute Gasteiger partial charge is 0.328 e. The fourth-order valence-electron chi connectivity index (χ4n) is 2.25. The zero-order valence-electron chi connectivity index (χ0n) is 12.7. The topological polar surface area (TPSA) is 83.6 Å². The summed E-state index contributed by atoms with van der Waals surface area (Å²) in [4.78, 5) is 21.4. The quantitative estimate of drug-likeness (QED) is 0.745. The van der Waals surface area contributed by atoms with Crippen molar-refractivity contribution in [3.8, 4) is 0 Å². The van der Waals surface area contributed by atoms with Crippen LogP contribution in [0, 0.1) is 6.92 Å². The first-order valence-corrected chi connectivity index (χ1v) is 6.98. The van der Waals surface area contributed by atoms with Crippen LogP contribution in [0.25, 0.3) is 11.7 Å². The molecule has 7 nitrogen and oxygen atoms in total. The van der Waals surface area contributed by atoms with Crippen LogP contribution in [-0.2, 0) is 4.79 Å². The molecule has 0 saturated carbocycles. The molecule has 3 aromatic rings. The zero-order valence-corrected chi connectivity index (χ0v) is 12.7. The summed E-state index contributed by atoms with van der Waals surface area (Å²) in [6.45, 7) is 1.79. The molecule has 0 amide bonds. The fraction of sp³-hybridized carbons (Fsp3) is 0.125. The lowest BCUT2D eigenvalue weighted by atomic mass is 10.3. The molecule has 0 spiro atoms. The summed E-state index contributed by atoms with van der Waals surface area (Å²) in [5, 5.41) is 13.1. The van der Waals surface area contributed by atoms with Gasteiger partial charge in [-0.1, -0.05) is 18.2 Å². The molecule has 1 aromatic carbocycles. The van der Waals surface area contributed by atoms with Crippen molar-refractivity contribution in [2.24, 2.45) is 0 Å². The highest BCUT2D eigenvalue weighted by atomic mass is 16.4. The lowest BCUT2D eigenvalue weighted by Gasteiger charge is -2.19. The van der Waals surface area contributed by atoms with Gasteiger partial charge in [-0.15, -0.1) is 0 Å². The van der Waals surface area contributed by atoms with E-state index in [0.717, 1.165) is 11.8 Å². The van der Waals surface area contributed by atoms with Gasteiger partial charge in [0.1, 0.15) is 5.82 Å². The van der Waals surface area contributed by atoms with Gasteiger partial charge in [0.15, 0.2) is 5.65 Å². The van der Waals surface area contributed by atoms with Gasteiger partial charge in [-0.2, -0.15) is 14.6 Å². The van der Waals surface area contributed by atoms with Crippen molar-refractivity contribution in [2.45, 2.75) is 6.92 Å². The molecule has 2 aromatic heterocycles. The highest BCUT2D eigenvalue weighted by molar-refractivity contribution is 5.86. The van der Waals surface area contributed by atoms with Crippen LogP contribution in [0.2, 0.25) is 0 Å². The fourth-order valence-corrected chi connectivity index (χ4v) is 2.25. The molecule has 2 heterocycles. The summed E-state index contributed by atoms with van der Waals surface area (Å²) in [7, 11) is 1.89. The molecule has 0 saturated heterocycles. The Labute approximate surface area is 132 Å². The van der Waals surface area contributed by atoms with Gasteiger partial charge in [0, 0.05) is 24.4 Å². The van der Waals surface area contributed by atoms with Crippen molar-refractivity contribution >= 4 is 29.3 Å². The summed E-state index contributed by atoms with van der Waals surface area (Å²) >= 11 is 0. The molecule has 0 atom stereocenters. The summed E-state index contributed by atoms with van der Waals surface area (Å²) < 4.78 is 1.60. The van der Waals surface area contributed by atoms with Gasteiger partial charge in [-0.25, -0.2) is 9.78 Å². The van der Waals surface area contributed by atoms with Crippen LogP contribution < -0.4 is 4.90 Å². The summed E-state index contributed by atoms with van der Waals surface area (Å²) in [5.74, 6) is 0.172. The van der Waals surface area contributed by atoms with Crippen LogP contribution in [0.3, 0.4) is 0 Å². The second kappa shape index (κ2) is 5.88. The molecule has 0 unspecified atom stereocenters. The standard InChI is InChI=1S/C16H15N5O2/c1-11-18-15-12(8-9-14(22)23)10-17-21(15)16(19-11)20(2)13-6-4-3-5-7-13/h3-10H,1-2H3,(H,22,23). The number of carbonyl (C=O) groups is 1. The third-order valence-electron chi connectivity index (χ3n) is 3.34. The van der Waals surface area contributed by atoms with Crippen molar-refractivity contribution in [1.82, 2.24) is 19.6 Å². The van der Waals surface area contributed by atoms with E-state index in [1.165, 1.54) is 6.08 Å². The molecule has 3 rings (SSSR count). The zero-order chi connectivity index (χ0) is 16.4. The van der Waals surface area contributed by atoms with Gasteiger partial charge in [-0.05, 0) is 25.1 Å². The Hall–Kier alpha value is -3.22. The Balaban J connectivity index is 2.13. The van der Waals surface area contributed by atoms with Crippen LogP contribution in [-0.4, -0.2) is 37.7 Å². The molecule has 0 fully saturated rings. The minimum Gasteiger partial charge on any atom is -0.478 e. The second-order valence-electron chi connectivity index (χ2n) is 4.97. The first-order chi connectivity index (χ1) is 11.1. The average Bonchev–Trinajstić information content (AvgIpc) is 2.95. The average molecular weight is 309 g/mol. The van der Waals surface area contributed by atoms with Gasteiger partial charge in [0.05, 0.1) is 6.20 Å². The van der Waals surface area contributed by atoms with Crippen molar-refractivity contribution in [3.05, 3.63) is 54.0 Å². The maximum atomic E-state index is 10.7. The first-order valence-electron chi connectivity index (χ1n) is 6.98.